The van der Waals surface area contributed by atoms with Gasteiger partial charge in [-0.05, 0) is 42.3 Å². The summed E-state index contributed by atoms with van der Waals surface area (Å²) in [4.78, 5) is 17.4. The normalized spacial score (nSPS) is 11.8. The van der Waals surface area contributed by atoms with Gasteiger partial charge < -0.3 is 14.0 Å². The summed E-state index contributed by atoms with van der Waals surface area (Å²) in [6.45, 7) is 1.96. The summed E-state index contributed by atoms with van der Waals surface area (Å²) in [7, 11) is 5.04. The number of thiazole rings is 1. The number of benzene rings is 2. The zero-order chi connectivity index (χ0) is 18.8. The smallest absolute Gasteiger partial charge is 0.252 e. The second-order valence-corrected chi connectivity index (χ2v) is 7.25. The minimum absolute atomic E-state index is 0.189. The predicted molar refractivity (Wildman–Crippen MR) is 104 cm³/mol. The Morgan fingerprint density at radius 3 is 2.62 bits per heavy atom. The molecule has 0 saturated heterocycles. The van der Waals surface area contributed by atoms with Crippen LogP contribution in [0.5, 0.6) is 11.5 Å². The summed E-state index contributed by atoms with van der Waals surface area (Å²) in [6.07, 6.45) is 0.189. The van der Waals surface area contributed by atoms with E-state index in [4.69, 9.17) is 21.1 Å². The summed E-state index contributed by atoms with van der Waals surface area (Å²) < 4.78 is 13.5. The Bertz CT molecular complexity index is 1050. The number of carbonyl (C=O) groups excluding carboxylic acids is 1. The van der Waals surface area contributed by atoms with E-state index in [2.05, 4.69) is 4.99 Å². The van der Waals surface area contributed by atoms with Gasteiger partial charge in [-0.15, -0.1) is 0 Å². The number of halogens is 1. The van der Waals surface area contributed by atoms with Crippen molar-refractivity contribution >= 4 is 39.1 Å². The standard InChI is InChI=1S/C19H19ClN2O3S/c1-11-13(20)6-8-16-18(11)22(2)19(26-16)21-17(23)10-12-5-7-14(24-3)15(9-12)25-4/h5-9H,10H2,1-4H3. The van der Waals surface area contributed by atoms with Gasteiger partial charge in [-0.25, -0.2) is 0 Å². The Morgan fingerprint density at radius 2 is 1.92 bits per heavy atom. The van der Waals surface area contributed by atoms with Crippen LogP contribution in [0.3, 0.4) is 0 Å². The van der Waals surface area contributed by atoms with Crippen LogP contribution in [0.15, 0.2) is 35.3 Å². The molecular formula is C19H19ClN2O3S. The molecule has 26 heavy (non-hydrogen) atoms. The largest absolute Gasteiger partial charge is 0.493 e. The fraction of sp³-hybridized carbons (Fsp3) is 0.263. The predicted octanol–water partition coefficient (Wildman–Crippen LogP) is 3.89. The van der Waals surface area contributed by atoms with E-state index >= 15 is 0 Å². The van der Waals surface area contributed by atoms with Gasteiger partial charge in [0.1, 0.15) is 0 Å². The molecule has 1 heterocycles. The number of methoxy groups -OCH3 is 2. The number of rotatable bonds is 4. The molecule has 5 nitrogen and oxygen atoms in total. The molecule has 0 radical (unpaired) electrons. The lowest BCUT2D eigenvalue weighted by Crippen LogP contribution is -2.14. The summed E-state index contributed by atoms with van der Waals surface area (Å²) in [5, 5.41) is 0.703. The van der Waals surface area contributed by atoms with Gasteiger partial charge in [0.2, 0.25) is 0 Å². The molecule has 136 valence electrons. The van der Waals surface area contributed by atoms with Gasteiger partial charge in [-0.1, -0.05) is 29.0 Å². The van der Waals surface area contributed by atoms with Crippen molar-refractivity contribution in [1.29, 1.82) is 0 Å². The molecule has 1 aromatic heterocycles. The first-order chi connectivity index (χ1) is 12.4. The topological polar surface area (TPSA) is 52.8 Å². The van der Waals surface area contributed by atoms with E-state index in [0.29, 0.717) is 21.3 Å². The van der Waals surface area contributed by atoms with E-state index in [0.717, 1.165) is 21.3 Å². The number of fused-ring (bicyclic) bond motifs is 1. The van der Waals surface area contributed by atoms with Gasteiger partial charge in [0, 0.05) is 12.1 Å². The molecule has 0 spiro atoms. The van der Waals surface area contributed by atoms with Crippen LogP contribution in [-0.2, 0) is 18.3 Å². The summed E-state index contributed by atoms with van der Waals surface area (Å²) in [6, 6.07) is 9.23. The van der Waals surface area contributed by atoms with Crippen LogP contribution in [-0.4, -0.2) is 24.7 Å². The maximum absolute atomic E-state index is 12.4. The Hall–Kier alpha value is -2.31. The molecule has 0 aliphatic heterocycles. The highest BCUT2D eigenvalue weighted by atomic mass is 35.5. The molecule has 7 heteroatoms. The average Bonchev–Trinajstić information content (AvgIpc) is 2.94. The third kappa shape index (κ3) is 3.48. The molecule has 3 rings (SSSR count). The Balaban J connectivity index is 1.93. The van der Waals surface area contributed by atoms with Crippen LogP contribution in [0.1, 0.15) is 11.1 Å². The number of amides is 1. The molecule has 1 amide bonds. The lowest BCUT2D eigenvalue weighted by atomic mass is 10.1. The van der Waals surface area contributed by atoms with E-state index in [-0.39, 0.29) is 12.3 Å². The van der Waals surface area contributed by atoms with Crippen LogP contribution >= 0.6 is 22.9 Å². The van der Waals surface area contributed by atoms with Crippen LogP contribution in [0.4, 0.5) is 0 Å². The van der Waals surface area contributed by atoms with Crippen LogP contribution in [0, 0.1) is 6.92 Å². The first-order valence-corrected chi connectivity index (χ1v) is 9.17. The minimum Gasteiger partial charge on any atom is -0.493 e. The number of hydrogen-bond acceptors (Lipinski definition) is 4. The molecule has 2 aromatic carbocycles. The minimum atomic E-state index is -0.219. The van der Waals surface area contributed by atoms with Crippen molar-refractivity contribution in [3.63, 3.8) is 0 Å². The number of hydrogen-bond donors (Lipinski definition) is 0. The fourth-order valence-electron chi connectivity index (χ4n) is 2.82. The molecular weight excluding hydrogens is 372 g/mol. The molecule has 0 atom stereocenters. The van der Waals surface area contributed by atoms with Crippen molar-refractivity contribution in [2.24, 2.45) is 12.0 Å². The lowest BCUT2D eigenvalue weighted by Gasteiger charge is -2.08. The lowest BCUT2D eigenvalue weighted by molar-refractivity contribution is -0.117. The van der Waals surface area contributed by atoms with Gasteiger partial charge in [-0.2, -0.15) is 4.99 Å². The van der Waals surface area contributed by atoms with E-state index in [1.54, 1.807) is 26.4 Å². The van der Waals surface area contributed by atoms with Gasteiger partial charge in [0.25, 0.3) is 5.91 Å². The number of ether oxygens (including phenoxy) is 2. The van der Waals surface area contributed by atoms with Crippen molar-refractivity contribution in [1.82, 2.24) is 4.57 Å². The Labute approximate surface area is 160 Å². The van der Waals surface area contributed by atoms with Crippen molar-refractivity contribution in [3.8, 4) is 11.5 Å². The van der Waals surface area contributed by atoms with Crippen LogP contribution in [0.25, 0.3) is 10.2 Å². The number of nitrogens with zero attached hydrogens (tertiary/aromatic N) is 2. The summed E-state index contributed by atoms with van der Waals surface area (Å²) in [5.74, 6) is 1.00. The van der Waals surface area contributed by atoms with E-state index in [9.17, 15) is 4.79 Å². The van der Waals surface area contributed by atoms with Gasteiger partial charge in [0.15, 0.2) is 16.3 Å². The molecule has 0 fully saturated rings. The molecule has 0 aliphatic rings. The maximum atomic E-state index is 12.4. The average molecular weight is 391 g/mol. The number of aryl methyl sites for hydroxylation is 2. The fourth-order valence-corrected chi connectivity index (χ4v) is 4.07. The monoisotopic (exact) mass is 390 g/mol. The van der Waals surface area contributed by atoms with Crippen molar-refractivity contribution < 1.29 is 14.3 Å². The van der Waals surface area contributed by atoms with Crippen molar-refractivity contribution in [2.75, 3.05) is 14.2 Å². The maximum Gasteiger partial charge on any atom is 0.252 e. The third-order valence-electron chi connectivity index (χ3n) is 4.18. The first-order valence-electron chi connectivity index (χ1n) is 7.97. The van der Waals surface area contributed by atoms with Crippen LogP contribution < -0.4 is 14.3 Å². The molecule has 3 aromatic rings. The highest BCUT2D eigenvalue weighted by Gasteiger charge is 2.11. The molecule has 0 unspecified atom stereocenters. The molecule has 0 saturated carbocycles. The van der Waals surface area contributed by atoms with Crippen molar-refractivity contribution in [2.45, 2.75) is 13.3 Å². The quantitative estimate of drug-likeness (QED) is 0.679. The Kier molecular flexibility index (Phi) is 5.34. The summed E-state index contributed by atoms with van der Waals surface area (Å²) >= 11 is 7.68. The second kappa shape index (κ2) is 7.51. The molecule has 0 N–H and O–H groups in total. The highest BCUT2D eigenvalue weighted by molar-refractivity contribution is 7.16. The van der Waals surface area contributed by atoms with E-state index < -0.39 is 0 Å². The first kappa shape index (κ1) is 18.5. The van der Waals surface area contributed by atoms with Crippen LogP contribution in [0.2, 0.25) is 5.02 Å². The van der Waals surface area contributed by atoms with E-state index in [1.807, 2.05) is 36.7 Å². The SMILES string of the molecule is COc1ccc(CC(=O)N=c2sc3ccc(Cl)c(C)c3n2C)cc1OC. The van der Waals surface area contributed by atoms with Gasteiger partial charge in [-0.3, -0.25) is 4.79 Å². The second-order valence-electron chi connectivity index (χ2n) is 5.83. The zero-order valence-electron chi connectivity index (χ0n) is 15.0. The van der Waals surface area contributed by atoms with E-state index in [1.165, 1.54) is 11.3 Å². The summed E-state index contributed by atoms with van der Waals surface area (Å²) in [5.41, 5.74) is 2.80. The van der Waals surface area contributed by atoms with Gasteiger partial charge >= 0.3 is 0 Å². The number of carbonyl (C=O) groups is 1. The van der Waals surface area contributed by atoms with Crippen molar-refractivity contribution in [3.05, 3.63) is 51.3 Å². The zero-order valence-corrected chi connectivity index (χ0v) is 16.6. The number of aromatic nitrogens is 1. The highest BCUT2D eigenvalue weighted by Crippen LogP contribution is 2.28. The Morgan fingerprint density at radius 1 is 1.19 bits per heavy atom. The molecule has 0 aliphatic carbocycles. The molecule has 0 bridgehead atoms. The third-order valence-corrected chi connectivity index (χ3v) is 5.68. The van der Waals surface area contributed by atoms with Gasteiger partial charge in [0.05, 0.1) is 30.9 Å².